The summed E-state index contributed by atoms with van der Waals surface area (Å²) in [5.74, 6) is 0.388. The highest BCUT2D eigenvalue weighted by Crippen LogP contribution is 2.28. The maximum Gasteiger partial charge on any atom is 0.289 e. The first-order valence-corrected chi connectivity index (χ1v) is 7.15. The van der Waals surface area contributed by atoms with Crippen LogP contribution in [0.25, 0.3) is 11.0 Å². The number of hydrogen-bond acceptors (Lipinski definition) is 3. The minimum Gasteiger partial charge on any atom is -0.451 e. The summed E-state index contributed by atoms with van der Waals surface area (Å²) in [6.07, 6.45) is 0. The van der Waals surface area contributed by atoms with Gasteiger partial charge in [0.1, 0.15) is 5.58 Å². The Hall–Kier alpha value is -1.23. The van der Waals surface area contributed by atoms with Gasteiger partial charge in [0.05, 0.1) is 0 Å². The number of fused-ring (bicyclic) bond motifs is 1. The van der Waals surface area contributed by atoms with Crippen LogP contribution in [-0.4, -0.2) is 36.5 Å². The van der Waals surface area contributed by atoms with E-state index in [0.29, 0.717) is 35.5 Å². The first-order chi connectivity index (χ1) is 9.56. The van der Waals surface area contributed by atoms with Crippen molar-refractivity contribution in [2.24, 2.45) is 0 Å². The van der Waals surface area contributed by atoms with Crippen molar-refractivity contribution in [3.05, 3.63) is 34.5 Å². The molecule has 1 fully saturated rings. The van der Waals surface area contributed by atoms with Gasteiger partial charge in [-0.05, 0) is 32.0 Å². The highest BCUT2D eigenvalue weighted by Gasteiger charge is 2.26. The molecule has 1 atom stereocenters. The first-order valence-electron chi connectivity index (χ1n) is 6.77. The van der Waals surface area contributed by atoms with Crippen LogP contribution in [0.5, 0.6) is 0 Å². The summed E-state index contributed by atoms with van der Waals surface area (Å²) in [7, 11) is 0. The average Bonchev–Trinajstić information content (AvgIpc) is 2.75. The van der Waals surface area contributed by atoms with E-state index in [1.807, 2.05) is 24.0 Å². The zero-order valence-electron chi connectivity index (χ0n) is 12.0. The number of piperazine rings is 1. The largest absolute Gasteiger partial charge is 0.451 e. The zero-order chi connectivity index (χ0) is 14.3. The quantitative estimate of drug-likeness (QED) is 0.874. The predicted octanol–water partition coefficient (Wildman–Crippen LogP) is 3.25. The van der Waals surface area contributed by atoms with E-state index in [9.17, 15) is 4.79 Å². The monoisotopic (exact) mass is 328 g/mol. The van der Waals surface area contributed by atoms with Crippen molar-refractivity contribution in [3.8, 4) is 0 Å². The predicted molar refractivity (Wildman–Crippen MR) is 86.6 cm³/mol. The van der Waals surface area contributed by atoms with Crippen molar-refractivity contribution in [2.45, 2.75) is 19.9 Å². The molecule has 114 valence electrons. The molecule has 1 amide bonds. The van der Waals surface area contributed by atoms with E-state index in [1.54, 1.807) is 6.07 Å². The van der Waals surface area contributed by atoms with E-state index < -0.39 is 0 Å². The summed E-state index contributed by atoms with van der Waals surface area (Å²) in [5.41, 5.74) is 1.57. The van der Waals surface area contributed by atoms with Crippen LogP contribution < -0.4 is 5.32 Å². The number of halogens is 2. The van der Waals surface area contributed by atoms with Crippen LogP contribution in [0.2, 0.25) is 5.02 Å². The Bertz CT molecular complexity index is 669. The second-order valence-corrected chi connectivity index (χ2v) is 5.74. The third-order valence-electron chi connectivity index (χ3n) is 3.75. The molecule has 6 heteroatoms. The van der Waals surface area contributed by atoms with Gasteiger partial charge < -0.3 is 14.6 Å². The number of hydrogen-bond donors (Lipinski definition) is 1. The van der Waals surface area contributed by atoms with Gasteiger partial charge in [0.25, 0.3) is 5.91 Å². The van der Waals surface area contributed by atoms with E-state index in [2.05, 4.69) is 12.2 Å². The molecule has 1 aliphatic heterocycles. The van der Waals surface area contributed by atoms with Crippen molar-refractivity contribution in [1.82, 2.24) is 10.2 Å². The lowest BCUT2D eigenvalue weighted by molar-refractivity contribution is 0.0678. The Morgan fingerprint density at radius 3 is 2.95 bits per heavy atom. The fourth-order valence-corrected chi connectivity index (χ4v) is 2.83. The summed E-state index contributed by atoms with van der Waals surface area (Å²) >= 11 is 6.00. The number of amides is 1. The van der Waals surface area contributed by atoms with E-state index >= 15 is 0 Å². The molecule has 21 heavy (non-hydrogen) atoms. The summed E-state index contributed by atoms with van der Waals surface area (Å²) < 4.78 is 5.73. The molecule has 1 saturated heterocycles. The van der Waals surface area contributed by atoms with Crippen LogP contribution in [-0.2, 0) is 0 Å². The third kappa shape index (κ3) is 3.03. The Labute approximate surface area is 134 Å². The number of rotatable bonds is 1. The molecule has 0 aliphatic carbocycles. The molecule has 1 unspecified atom stereocenters. The number of carbonyl (C=O) groups is 1. The van der Waals surface area contributed by atoms with Crippen molar-refractivity contribution < 1.29 is 9.21 Å². The Morgan fingerprint density at radius 1 is 1.48 bits per heavy atom. The summed E-state index contributed by atoms with van der Waals surface area (Å²) in [5, 5.41) is 4.88. The van der Waals surface area contributed by atoms with Crippen LogP contribution in [0, 0.1) is 6.92 Å². The minimum absolute atomic E-state index is 0. The molecule has 0 spiro atoms. The lowest BCUT2D eigenvalue weighted by Crippen LogP contribution is -2.51. The second kappa shape index (κ2) is 6.26. The number of aryl methyl sites for hydroxylation is 1. The molecule has 0 bridgehead atoms. The number of nitrogens with zero attached hydrogens (tertiary/aromatic N) is 1. The van der Waals surface area contributed by atoms with E-state index in [-0.39, 0.29) is 18.3 Å². The summed E-state index contributed by atoms with van der Waals surface area (Å²) in [6.45, 7) is 6.21. The molecule has 0 saturated carbocycles. The van der Waals surface area contributed by atoms with Crippen molar-refractivity contribution in [1.29, 1.82) is 0 Å². The van der Waals surface area contributed by atoms with Crippen molar-refractivity contribution >= 4 is 40.9 Å². The molecule has 1 aliphatic rings. The highest BCUT2D eigenvalue weighted by atomic mass is 35.5. The van der Waals surface area contributed by atoms with Crippen LogP contribution in [0.1, 0.15) is 23.0 Å². The molecular weight excluding hydrogens is 311 g/mol. The zero-order valence-corrected chi connectivity index (χ0v) is 13.6. The van der Waals surface area contributed by atoms with E-state index in [0.717, 1.165) is 17.5 Å². The summed E-state index contributed by atoms with van der Waals surface area (Å²) in [4.78, 5) is 14.4. The van der Waals surface area contributed by atoms with Crippen molar-refractivity contribution in [2.75, 3.05) is 19.6 Å². The second-order valence-electron chi connectivity index (χ2n) is 5.30. The van der Waals surface area contributed by atoms with Gasteiger partial charge in [-0.25, -0.2) is 0 Å². The molecule has 4 nitrogen and oxygen atoms in total. The normalized spacial score (nSPS) is 18.6. The van der Waals surface area contributed by atoms with Gasteiger partial charge in [-0.2, -0.15) is 0 Å². The Balaban J connectivity index is 0.00000161. The molecule has 2 aromatic rings. The maximum absolute atomic E-state index is 12.6. The SMILES string of the molecule is Cc1c(C(=O)N2CCNC(C)C2)oc2ccc(Cl)cc12.Cl. The van der Waals surface area contributed by atoms with Crippen LogP contribution in [0.15, 0.2) is 22.6 Å². The Morgan fingerprint density at radius 2 is 2.24 bits per heavy atom. The minimum atomic E-state index is -0.0387. The van der Waals surface area contributed by atoms with E-state index in [1.165, 1.54) is 0 Å². The molecule has 0 radical (unpaired) electrons. The van der Waals surface area contributed by atoms with Crippen LogP contribution >= 0.6 is 24.0 Å². The lowest BCUT2D eigenvalue weighted by atomic mass is 10.1. The van der Waals surface area contributed by atoms with Crippen LogP contribution in [0.3, 0.4) is 0 Å². The van der Waals surface area contributed by atoms with Crippen molar-refractivity contribution in [3.63, 3.8) is 0 Å². The molecule has 1 N–H and O–H groups in total. The van der Waals surface area contributed by atoms with Gasteiger partial charge in [0.15, 0.2) is 5.76 Å². The molecule has 3 rings (SSSR count). The van der Waals surface area contributed by atoms with Crippen LogP contribution in [0.4, 0.5) is 0 Å². The fourth-order valence-electron chi connectivity index (χ4n) is 2.66. The number of nitrogens with one attached hydrogen (secondary N) is 1. The number of benzene rings is 1. The standard InChI is InChI=1S/C15H17ClN2O2.ClH/c1-9-8-18(6-5-17-9)15(19)14-10(2)12-7-11(16)3-4-13(12)20-14;/h3-4,7,9,17H,5-6,8H2,1-2H3;1H. The maximum atomic E-state index is 12.6. The number of carbonyl (C=O) groups excluding carboxylic acids is 1. The Kier molecular flexibility index (Phi) is 4.81. The highest BCUT2D eigenvalue weighted by molar-refractivity contribution is 6.31. The summed E-state index contributed by atoms with van der Waals surface area (Å²) in [6, 6.07) is 5.73. The average molecular weight is 329 g/mol. The molecular formula is C15H18Cl2N2O2. The number of furan rings is 1. The van der Waals surface area contributed by atoms with Gasteiger partial charge >= 0.3 is 0 Å². The molecule has 2 heterocycles. The topological polar surface area (TPSA) is 45.5 Å². The molecule has 1 aromatic carbocycles. The first kappa shape index (κ1) is 16.1. The lowest BCUT2D eigenvalue weighted by Gasteiger charge is -2.31. The molecule has 1 aromatic heterocycles. The van der Waals surface area contributed by atoms with Gasteiger partial charge in [-0.3, -0.25) is 4.79 Å². The van der Waals surface area contributed by atoms with Gasteiger partial charge in [-0.15, -0.1) is 12.4 Å². The smallest absolute Gasteiger partial charge is 0.289 e. The van der Waals surface area contributed by atoms with Gasteiger partial charge in [0.2, 0.25) is 0 Å². The third-order valence-corrected chi connectivity index (χ3v) is 3.98. The van der Waals surface area contributed by atoms with Gasteiger partial charge in [0, 0.05) is 41.6 Å². The fraction of sp³-hybridized carbons (Fsp3) is 0.400. The van der Waals surface area contributed by atoms with E-state index in [4.69, 9.17) is 16.0 Å². The van der Waals surface area contributed by atoms with Gasteiger partial charge in [-0.1, -0.05) is 11.6 Å².